The highest BCUT2D eigenvalue weighted by Gasteiger charge is 2.38. The molecule has 23 heavy (non-hydrogen) atoms. The highest BCUT2D eigenvalue weighted by atomic mass is 28.4. The molecule has 0 radical (unpaired) electrons. The van der Waals surface area contributed by atoms with Crippen LogP contribution in [-0.4, -0.2) is 104 Å². The van der Waals surface area contributed by atoms with Gasteiger partial charge in [-0.3, -0.25) is 0 Å². The molecule has 0 saturated carbocycles. The van der Waals surface area contributed by atoms with Crippen LogP contribution in [-0.2, 0) is 13.3 Å². The number of hydrogen-bond acceptors (Lipinski definition) is 8. The first-order valence-electron chi connectivity index (χ1n) is 7.22. The molecule has 8 nitrogen and oxygen atoms in total. The molecule has 0 aliphatic carbocycles. The average molecular weight is 375 g/mol. The van der Waals surface area contributed by atoms with Crippen LogP contribution in [0, 0.1) is 0 Å². The molecular formula is C13H38N2O6Si2. The fraction of sp³-hybridized carbons (Fsp3) is 1.00. The lowest BCUT2D eigenvalue weighted by molar-refractivity contribution is 0.101. The van der Waals surface area contributed by atoms with Crippen molar-refractivity contribution in [2.45, 2.75) is 26.4 Å². The van der Waals surface area contributed by atoms with E-state index in [-0.39, 0.29) is 13.5 Å². The van der Waals surface area contributed by atoms with Gasteiger partial charge in [-0.05, 0) is 35.1 Å². The molecule has 0 unspecified atom stereocenters. The molecule has 10 heteroatoms. The average Bonchev–Trinajstić information content (AvgIpc) is 2.41. The van der Waals surface area contributed by atoms with Gasteiger partial charge in [-0.25, -0.2) is 0 Å². The Hall–Kier alpha value is 0.114. The van der Waals surface area contributed by atoms with E-state index in [0.717, 1.165) is 12.6 Å². The summed E-state index contributed by atoms with van der Waals surface area (Å²) in [6.45, 7) is 4.03. The van der Waals surface area contributed by atoms with Gasteiger partial charge in [0.2, 0.25) is 0 Å². The predicted molar refractivity (Wildman–Crippen MR) is 97.3 cm³/mol. The lowest BCUT2D eigenvalue weighted by Crippen LogP contribution is -2.45. The Morgan fingerprint density at radius 1 is 0.826 bits per heavy atom. The SMILES string of the molecule is C.CCO[Si](CCN(C)C)(OC)OC.CN(C)CC[Si](O)(O)O. The molecule has 0 fully saturated rings. The van der Waals surface area contributed by atoms with Crippen molar-refractivity contribution in [3.63, 3.8) is 0 Å². The van der Waals surface area contributed by atoms with Crippen LogP contribution in [0.5, 0.6) is 0 Å². The third-order valence-corrected chi connectivity index (χ3v) is 6.45. The van der Waals surface area contributed by atoms with Crippen molar-refractivity contribution in [1.82, 2.24) is 9.80 Å². The predicted octanol–water partition coefficient (Wildman–Crippen LogP) is -0.0839. The zero-order valence-electron chi connectivity index (χ0n) is 15.0. The number of rotatable bonds is 10. The fourth-order valence-corrected chi connectivity index (χ4v) is 4.29. The van der Waals surface area contributed by atoms with Gasteiger partial charge in [-0.2, -0.15) is 0 Å². The van der Waals surface area contributed by atoms with E-state index in [0.29, 0.717) is 13.2 Å². The van der Waals surface area contributed by atoms with Crippen LogP contribution in [0.25, 0.3) is 0 Å². The summed E-state index contributed by atoms with van der Waals surface area (Å²) in [4.78, 5) is 29.3. The normalized spacial score (nSPS) is 12.0. The van der Waals surface area contributed by atoms with E-state index in [1.54, 1.807) is 33.2 Å². The molecule has 0 heterocycles. The molecular weight excluding hydrogens is 336 g/mol. The molecule has 0 rings (SSSR count). The van der Waals surface area contributed by atoms with E-state index >= 15 is 0 Å². The van der Waals surface area contributed by atoms with Crippen molar-refractivity contribution in [3.05, 3.63) is 0 Å². The zero-order chi connectivity index (χ0) is 17.8. The molecule has 0 aromatic rings. The standard InChI is InChI=1S/C8H21NO3Si.C4H13NO3Si.CH4/c1-6-12-13(10-4,11-5)8-7-9(2)3;1-5(2)3-4-9(6,7)8;/h6-8H2,1-5H3;6-8H,3-4H2,1-2H3;1H4. The van der Waals surface area contributed by atoms with Gasteiger partial charge in [0.1, 0.15) is 0 Å². The quantitative estimate of drug-likeness (QED) is 0.457. The van der Waals surface area contributed by atoms with Gasteiger partial charge < -0.3 is 37.5 Å². The smallest absolute Gasteiger partial charge is 0.390 e. The first kappa shape index (κ1) is 27.9. The Kier molecular flexibility index (Phi) is 17.6. The summed E-state index contributed by atoms with van der Waals surface area (Å²) in [5.41, 5.74) is 0. The van der Waals surface area contributed by atoms with Gasteiger partial charge in [0.15, 0.2) is 0 Å². The van der Waals surface area contributed by atoms with Crippen LogP contribution in [0.1, 0.15) is 14.4 Å². The molecule has 0 aliphatic rings. The second-order valence-corrected chi connectivity index (χ2v) is 10.4. The van der Waals surface area contributed by atoms with E-state index in [1.165, 1.54) is 0 Å². The molecule has 0 atom stereocenters. The lowest BCUT2D eigenvalue weighted by atomic mass is 10.7. The third-order valence-electron chi connectivity index (χ3n) is 2.75. The van der Waals surface area contributed by atoms with Crippen molar-refractivity contribution in [3.8, 4) is 0 Å². The highest BCUT2D eigenvalue weighted by molar-refractivity contribution is 6.60. The van der Waals surface area contributed by atoms with Gasteiger partial charge in [0.25, 0.3) is 0 Å². The molecule has 0 saturated heterocycles. The zero-order valence-corrected chi connectivity index (χ0v) is 17.0. The first-order valence-corrected chi connectivity index (χ1v) is 11.2. The molecule has 3 N–H and O–H groups in total. The second kappa shape index (κ2) is 14.5. The van der Waals surface area contributed by atoms with Crippen molar-refractivity contribution in [2.24, 2.45) is 0 Å². The number of nitrogens with zero attached hydrogens (tertiary/aromatic N) is 2. The third kappa shape index (κ3) is 18.3. The first-order chi connectivity index (χ1) is 10.0. The van der Waals surface area contributed by atoms with Crippen molar-refractivity contribution in [2.75, 3.05) is 62.1 Å². The van der Waals surface area contributed by atoms with Crippen molar-refractivity contribution in [1.29, 1.82) is 0 Å². The van der Waals surface area contributed by atoms with E-state index in [9.17, 15) is 0 Å². The summed E-state index contributed by atoms with van der Waals surface area (Å²) in [6, 6.07) is 0.918. The Labute approximate surface area is 144 Å². The van der Waals surface area contributed by atoms with Gasteiger partial charge >= 0.3 is 17.6 Å². The summed E-state index contributed by atoms with van der Waals surface area (Å²) >= 11 is 0. The van der Waals surface area contributed by atoms with E-state index < -0.39 is 17.6 Å². The minimum Gasteiger partial charge on any atom is -0.390 e. The molecule has 0 amide bonds. The minimum absolute atomic E-state index is 0. The van der Waals surface area contributed by atoms with Crippen molar-refractivity contribution >= 4 is 17.6 Å². The Balaban J connectivity index is -0.000000354. The topological polar surface area (TPSA) is 94.9 Å². The van der Waals surface area contributed by atoms with Crippen LogP contribution < -0.4 is 0 Å². The number of hydrogen-bond donors (Lipinski definition) is 3. The summed E-state index contributed by atoms with van der Waals surface area (Å²) in [7, 11) is 4.86. The maximum absolute atomic E-state index is 8.49. The van der Waals surface area contributed by atoms with E-state index in [4.69, 9.17) is 27.7 Å². The molecule has 0 aliphatic heterocycles. The Morgan fingerprint density at radius 3 is 1.43 bits per heavy atom. The van der Waals surface area contributed by atoms with Crippen LogP contribution in [0.15, 0.2) is 0 Å². The minimum atomic E-state index is -3.76. The highest BCUT2D eigenvalue weighted by Crippen LogP contribution is 2.13. The monoisotopic (exact) mass is 374 g/mol. The summed E-state index contributed by atoms with van der Waals surface area (Å²) in [5.74, 6) is 0. The summed E-state index contributed by atoms with van der Waals surface area (Å²) < 4.78 is 16.2. The molecule has 0 bridgehead atoms. The van der Waals surface area contributed by atoms with Gasteiger partial charge in [-0.1, -0.05) is 7.43 Å². The van der Waals surface area contributed by atoms with Crippen molar-refractivity contribution < 1.29 is 27.7 Å². The molecule has 0 aromatic heterocycles. The second-order valence-electron chi connectivity index (χ2n) is 5.41. The molecule has 0 aromatic carbocycles. The Bertz CT molecular complexity index is 261. The van der Waals surface area contributed by atoms with Crippen LogP contribution in [0.3, 0.4) is 0 Å². The van der Waals surface area contributed by atoms with Crippen LogP contribution >= 0.6 is 0 Å². The maximum atomic E-state index is 8.49. The van der Waals surface area contributed by atoms with E-state index in [1.807, 2.05) is 21.0 Å². The van der Waals surface area contributed by atoms with Gasteiger partial charge in [0.05, 0.1) is 0 Å². The van der Waals surface area contributed by atoms with Crippen LogP contribution in [0.4, 0.5) is 0 Å². The lowest BCUT2D eigenvalue weighted by Gasteiger charge is -2.26. The van der Waals surface area contributed by atoms with Crippen LogP contribution in [0.2, 0.25) is 12.1 Å². The maximum Gasteiger partial charge on any atom is 0.501 e. The van der Waals surface area contributed by atoms with Gasteiger partial charge in [0, 0.05) is 46.0 Å². The van der Waals surface area contributed by atoms with Gasteiger partial charge in [-0.15, -0.1) is 0 Å². The summed E-state index contributed by atoms with van der Waals surface area (Å²) in [5, 5.41) is 0. The molecule has 0 spiro atoms. The Morgan fingerprint density at radius 2 is 1.22 bits per heavy atom. The largest absolute Gasteiger partial charge is 0.501 e. The summed E-state index contributed by atoms with van der Waals surface area (Å²) in [6.07, 6.45) is 0. The molecule has 144 valence electrons. The fourth-order valence-electron chi connectivity index (χ4n) is 1.43. The van der Waals surface area contributed by atoms with E-state index in [2.05, 4.69) is 4.90 Å².